The van der Waals surface area contributed by atoms with Crippen LogP contribution in [0.2, 0.25) is 0 Å². The van der Waals surface area contributed by atoms with Crippen LogP contribution in [0.15, 0.2) is 60.8 Å². The van der Waals surface area contributed by atoms with E-state index < -0.39 is 52.8 Å². The van der Waals surface area contributed by atoms with Gasteiger partial charge in [0.2, 0.25) is 11.7 Å². The minimum absolute atomic E-state index is 0.123. The highest BCUT2D eigenvalue weighted by atomic mass is 19.2. The van der Waals surface area contributed by atoms with Gasteiger partial charge in [-0.2, -0.15) is 0 Å². The molecule has 3 aromatic carbocycles. The van der Waals surface area contributed by atoms with Crippen LogP contribution in [0.1, 0.15) is 16.8 Å². The number of hydrogen-bond donors (Lipinski definition) is 1. The average molecular weight is 499 g/mol. The average Bonchev–Trinajstić information content (AvgIpc) is 2.89. The smallest absolute Gasteiger partial charge is 0.230 e. The first-order valence-corrected chi connectivity index (χ1v) is 10.4. The summed E-state index contributed by atoms with van der Waals surface area (Å²) >= 11 is 0. The maximum absolute atomic E-state index is 14.0. The standard InChI is InChI=1S/C26H15F6N3O/c27-16-9-7-15(8-10-16)19-13-33-26(18(34-19)11-6-14-4-2-1-3-5-14)35-20(36)12-17-21(28)23(30)25(32)24(31)22(17)29/h1-11,13H,12H2,(H,33,35,36). The predicted octanol–water partition coefficient (Wildman–Crippen LogP) is 6.33. The number of carbonyl (C=O) groups is 1. The fourth-order valence-corrected chi connectivity index (χ4v) is 3.26. The van der Waals surface area contributed by atoms with Crippen LogP contribution in [-0.2, 0) is 11.2 Å². The molecule has 0 radical (unpaired) electrons. The maximum Gasteiger partial charge on any atom is 0.230 e. The van der Waals surface area contributed by atoms with E-state index in [4.69, 9.17) is 0 Å². The molecule has 1 amide bonds. The van der Waals surface area contributed by atoms with E-state index in [1.54, 1.807) is 30.3 Å². The number of halogens is 6. The van der Waals surface area contributed by atoms with Crippen molar-refractivity contribution in [2.75, 3.05) is 5.32 Å². The second-order valence-corrected chi connectivity index (χ2v) is 7.51. The van der Waals surface area contributed by atoms with Gasteiger partial charge < -0.3 is 5.32 Å². The molecule has 4 aromatic rings. The van der Waals surface area contributed by atoms with Crippen LogP contribution in [0.5, 0.6) is 0 Å². The maximum atomic E-state index is 14.0. The molecule has 1 aromatic heterocycles. The van der Waals surface area contributed by atoms with Gasteiger partial charge in [-0.3, -0.25) is 4.79 Å². The summed E-state index contributed by atoms with van der Waals surface area (Å²) in [7, 11) is 0. The Labute approximate surface area is 201 Å². The first-order valence-electron chi connectivity index (χ1n) is 10.4. The zero-order chi connectivity index (χ0) is 25.8. The van der Waals surface area contributed by atoms with E-state index >= 15 is 0 Å². The van der Waals surface area contributed by atoms with E-state index in [9.17, 15) is 31.1 Å². The highest BCUT2D eigenvalue weighted by Crippen LogP contribution is 2.25. The topological polar surface area (TPSA) is 54.9 Å². The van der Waals surface area contributed by atoms with Gasteiger partial charge in [0.25, 0.3) is 0 Å². The van der Waals surface area contributed by atoms with Crippen LogP contribution in [-0.4, -0.2) is 15.9 Å². The highest BCUT2D eigenvalue weighted by molar-refractivity contribution is 5.93. The van der Waals surface area contributed by atoms with E-state index in [1.165, 1.54) is 36.5 Å². The van der Waals surface area contributed by atoms with Crippen molar-refractivity contribution in [3.8, 4) is 11.3 Å². The lowest BCUT2D eigenvalue weighted by atomic mass is 10.1. The van der Waals surface area contributed by atoms with Gasteiger partial charge in [-0.05, 0) is 35.9 Å². The lowest BCUT2D eigenvalue weighted by molar-refractivity contribution is -0.115. The fourth-order valence-electron chi connectivity index (χ4n) is 3.26. The van der Waals surface area contributed by atoms with E-state index in [2.05, 4.69) is 15.3 Å². The molecule has 0 aliphatic carbocycles. The number of rotatable bonds is 6. The normalized spacial score (nSPS) is 11.2. The van der Waals surface area contributed by atoms with Gasteiger partial charge in [0.1, 0.15) is 11.5 Å². The van der Waals surface area contributed by atoms with Gasteiger partial charge >= 0.3 is 0 Å². The second-order valence-electron chi connectivity index (χ2n) is 7.51. The number of carbonyl (C=O) groups excluding carboxylic acids is 1. The van der Waals surface area contributed by atoms with Crippen molar-refractivity contribution in [3.63, 3.8) is 0 Å². The molecular weight excluding hydrogens is 484 g/mol. The third-order valence-electron chi connectivity index (χ3n) is 5.07. The van der Waals surface area contributed by atoms with Crippen LogP contribution in [0, 0.1) is 34.9 Å². The van der Waals surface area contributed by atoms with Gasteiger partial charge in [0, 0.05) is 11.1 Å². The number of nitrogens with zero attached hydrogens (tertiary/aromatic N) is 2. The number of aromatic nitrogens is 2. The molecule has 0 aliphatic rings. The molecule has 0 saturated heterocycles. The van der Waals surface area contributed by atoms with Crippen LogP contribution in [0.25, 0.3) is 23.4 Å². The van der Waals surface area contributed by atoms with Gasteiger partial charge in [-0.1, -0.05) is 36.4 Å². The Balaban J connectivity index is 1.67. The Bertz CT molecular complexity index is 1430. The zero-order valence-corrected chi connectivity index (χ0v) is 18.2. The Hall–Kier alpha value is -4.47. The summed E-state index contributed by atoms with van der Waals surface area (Å²) < 4.78 is 81.5. The summed E-state index contributed by atoms with van der Waals surface area (Å²) in [6.45, 7) is 0. The largest absolute Gasteiger partial charge is 0.309 e. The molecule has 10 heteroatoms. The minimum Gasteiger partial charge on any atom is -0.309 e. The molecule has 4 nitrogen and oxygen atoms in total. The molecule has 0 fully saturated rings. The van der Waals surface area contributed by atoms with Crippen molar-refractivity contribution in [2.24, 2.45) is 0 Å². The van der Waals surface area contributed by atoms with Gasteiger partial charge in [0.05, 0.1) is 18.3 Å². The van der Waals surface area contributed by atoms with Crippen molar-refractivity contribution in [2.45, 2.75) is 6.42 Å². The lowest BCUT2D eigenvalue weighted by Gasteiger charge is -2.11. The van der Waals surface area contributed by atoms with E-state index in [0.29, 0.717) is 11.3 Å². The number of nitrogens with one attached hydrogen (secondary N) is 1. The summed E-state index contributed by atoms with van der Waals surface area (Å²) in [6.07, 6.45) is 3.32. The van der Waals surface area contributed by atoms with Crippen molar-refractivity contribution in [1.82, 2.24) is 9.97 Å². The first-order chi connectivity index (χ1) is 17.2. The van der Waals surface area contributed by atoms with Crippen LogP contribution in [0.3, 0.4) is 0 Å². The minimum atomic E-state index is -2.32. The third-order valence-corrected chi connectivity index (χ3v) is 5.07. The van der Waals surface area contributed by atoms with Crippen molar-refractivity contribution < 1.29 is 31.1 Å². The Morgan fingerprint density at radius 3 is 2.03 bits per heavy atom. The molecule has 0 bridgehead atoms. The molecule has 36 heavy (non-hydrogen) atoms. The van der Waals surface area contributed by atoms with Crippen LogP contribution in [0.4, 0.5) is 32.2 Å². The van der Waals surface area contributed by atoms with Gasteiger partial charge in [-0.15, -0.1) is 0 Å². The summed E-state index contributed by atoms with van der Waals surface area (Å²) in [4.78, 5) is 21.0. The van der Waals surface area contributed by atoms with Gasteiger partial charge in [-0.25, -0.2) is 36.3 Å². The van der Waals surface area contributed by atoms with Crippen molar-refractivity contribution >= 4 is 23.9 Å². The van der Waals surface area contributed by atoms with E-state index in [-0.39, 0.29) is 11.5 Å². The summed E-state index contributed by atoms with van der Waals surface area (Å²) in [6, 6.07) is 14.4. The summed E-state index contributed by atoms with van der Waals surface area (Å²) in [5, 5.41) is 2.30. The molecular formula is C26H15F6N3O. The zero-order valence-electron chi connectivity index (χ0n) is 18.2. The van der Waals surface area contributed by atoms with Gasteiger partial charge in [0.15, 0.2) is 29.1 Å². The molecule has 0 unspecified atom stereocenters. The molecule has 0 spiro atoms. The Morgan fingerprint density at radius 2 is 1.39 bits per heavy atom. The molecule has 1 N–H and O–H groups in total. The monoisotopic (exact) mass is 499 g/mol. The van der Waals surface area contributed by atoms with Crippen molar-refractivity contribution in [1.29, 1.82) is 0 Å². The Kier molecular flexibility index (Phi) is 7.14. The molecule has 182 valence electrons. The summed E-state index contributed by atoms with van der Waals surface area (Å²) in [5.41, 5.74) is 0.496. The number of amides is 1. The fraction of sp³-hybridized carbons (Fsp3) is 0.0385. The molecule has 0 saturated carbocycles. The number of benzene rings is 3. The molecule has 0 aliphatic heterocycles. The van der Waals surface area contributed by atoms with Crippen LogP contribution >= 0.6 is 0 Å². The molecule has 4 rings (SSSR count). The predicted molar refractivity (Wildman–Crippen MR) is 121 cm³/mol. The quantitative estimate of drug-likeness (QED) is 0.192. The van der Waals surface area contributed by atoms with E-state index in [1.807, 2.05) is 6.07 Å². The number of hydrogen-bond acceptors (Lipinski definition) is 3. The van der Waals surface area contributed by atoms with Crippen molar-refractivity contribution in [3.05, 3.63) is 113 Å². The summed E-state index contributed by atoms with van der Waals surface area (Å²) in [5.74, 6) is -12.5. The highest BCUT2D eigenvalue weighted by Gasteiger charge is 2.27. The Morgan fingerprint density at radius 1 is 0.778 bits per heavy atom. The van der Waals surface area contributed by atoms with Crippen LogP contribution < -0.4 is 5.32 Å². The lowest BCUT2D eigenvalue weighted by Crippen LogP contribution is -2.20. The third kappa shape index (κ3) is 5.27. The molecule has 0 atom stereocenters. The molecule has 1 heterocycles. The first kappa shape index (κ1) is 24.6. The second kappa shape index (κ2) is 10.4. The SMILES string of the molecule is O=C(Cc1c(F)c(F)c(F)c(F)c1F)Nc1ncc(-c2ccc(F)cc2)nc1C=Cc1ccccc1. The number of anilines is 1. The van der Waals surface area contributed by atoms with E-state index in [0.717, 1.165) is 5.56 Å².